The first kappa shape index (κ1) is 15.9. The number of rotatable bonds is 4. The maximum atomic E-state index is 12.7. The SMILES string of the molecule is CCOc1cc(OC)c2oc(C(F)(F)F)cc(=O)c2c1C=O. The Kier molecular flexibility index (Phi) is 4.11. The van der Waals surface area contributed by atoms with Gasteiger partial charge < -0.3 is 13.9 Å². The van der Waals surface area contributed by atoms with Gasteiger partial charge in [0.1, 0.15) is 5.75 Å². The third-order valence-electron chi connectivity index (χ3n) is 2.89. The second kappa shape index (κ2) is 5.70. The van der Waals surface area contributed by atoms with Crippen molar-refractivity contribution in [2.24, 2.45) is 0 Å². The van der Waals surface area contributed by atoms with Crippen LogP contribution in [0.1, 0.15) is 23.0 Å². The number of ether oxygens (including phenoxy) is 2. The van der Waals surface area contributed by atoms with Crippen molar-refractivity contribution in [1.82, 2.24) is 0 Å². The number of carbonyl (C=O) groups is 1. The molecule has 0 atom stereocenters. The van der Waals surface area contributed by atoms with Gasteiger partial charge in [-0.3, -0.25) is 9.59 Å². The molecule has 0 saturated carbocycles. The molecule has 118 valence electrons. The summed E-state index contributed by atoms with van der Waals surface area (Å²) in [6, 6.07) is 1.50. The van der Waals surface area contributed by atoms with E-state index in [1.54, 1.807) is 6.92 Å². The fourth-order valence-electron chi connectivity index (χ4n) is 1.99. The van der Waals surface area contributed by atoms with Gasteiger partial charge in [0.2, 0.25) is 5.76 Å². The Labute approximate surface area is 122 Å². The molecule has 0 N–H and O–H groups in total. The summed E-state index contributed by atoms with van der Waals surface area (Å²) < 4.78 is 53.1. The minimum absolute atomic E-state index is 0.0360. The Hall–Kier alpha value is -2.51. The van der Waals surface area contributed by atoms with Crippen LogP contribution in [0.5, 0.6) is 11.5 Å². The van der Waals surface area contributed by atoms with E-state index in [4.69, 9.17) is 13.9 Å². The van der Waals surface area contributed by atoms with Crippen molar-refractivity contribution >= 4 is 17.3 Å². The van der Waals surface area contributed by atoms with Gasteiger partial charge in [-0.2, -0.15) is 13.2 Å². The highest BCUT2D eigenvalue weighted by Gasteiger charge is 2.36. The van der Waals surface area contributed by atoms with Crippen molar-refractivity contribution < 1.29 is 31.9 Å². The molecule has 0 aliphatic carbocycles. The highest BCUT2D eigenvalue weighted by Crippen LogP contribution is 2.37. The number of benzene rings is 1. The highest BCUT2D eigenvalue weighted by atomic mass is 19.4. The molecule has 0 saturated heterocycles. The van der Waals surface area contributed by atoms with Gasteiger partial charge in [-0.1, -0.05) is 0 Å². The van der Waals surface area contributed by atoms with Crippen molar-refractivity contribution in [1.29, 1.82) is 0 Å². The lowest BCUT2D eigenvalue weighted by Crippen LogP contribution is -2.13. The molecular formula is C14H11F3O5. The third-order valence-corrected chi connectivity index (χ3v) is 2.89. The largest absolute Gasteiger partial charge is 0.493 e. The van der Waals surface area contributed by atoms with Gasteiger partial charge >= 0.3 is 6.18 Å². The summed E-state index contributed by atoms with van der Waals surface area (Å²) in [5.74, 6) is -1.56. The summed E-state index contributed by atoms with van der Waals surface area (Å²) in [7, 11) is 1.20. The van der Waals surface area contributed by atoms with Crippen LogP contribution < -0.4 is 14.9 Å². The number of hydrogen-bond donors (Lipinski definition) is 0. The minimum Gasteiger partial charge on any atom is -0.493 e. The number of aldehydes is 1. The van der Waals surface area contributed by atoms with E-state index >= 15 is 0 Å². The maximum Gasteiger partial charge on any atom is 0.449 e. The zero-order valence-corrected chi connectivity index (χ0v) is 11.6. The average molecular weight is 316 g/mol. The summed E-state index contributed by atoms with van der Waals surface area (Å²) in [6.45, 7) is 1.85. The van der Waals surface area contributed by atoms with Crippen molar-refractivity contribution in [3.05, 3.63) is 33.7 Å². The zero-order chi connectivity index (χ0) is 16.5. The Morgan fingerprint density at radius 3 is 2.45 bits per heavy atom. The number of methoxy groups -OCH3 is 1. The van der Waals surface area contributed by atoms with Crippen molar-refractivity contribution in [2.45, 2.75) is 13.1 Å². The molecule has 0 amide bonds. The molecule has 1 aromatic carbocycles. The smallest absolute Gasteiger partial charge is 0.449 e. The molecule has 1 heterocycles. The van der Waals surface area contributed by atoms with Crippen molar-refractivity contribution in [2.75, 3.05) is 13.7 Å². The summed E-state index contributed by atoms with van der Waals surface area (Å²) in [5.41, 5.74) is -1.64. The van der Waals surface area contributed by atoms with Crippen molar-refractivity contribution in [3.63, 3.8) is 0 Å². The fourth-order valence-corrected chi connectivity index (χ4v) is 1.99. The lowest BCUT2D eigenvalue weighted by atomic mass is 10.1. The third kappa shape index (κ3) is 2.63. The van der Waals surface area contributed by atoms with E-state index in [2.05, 4.69) is 0 Å². The number of carbonyl (C=O) groups excluding carboxylic acids is 1. The summed E-state index contributed by atoms with van der Waals surface area (Å²) in [6.07, 6.45) is -4.50. The lowest BCUT2D eigenvalue weighted by molar-refractivity contribution is -0.152. The maximum absolute atomic E-state index is 12.7. The van der Waals surface area contributed by atoms with E-state index in [9.17, 15) is 22.8 Å². The average Bonchev–Trinajstić information content (AvgIpc) is 2.45. The molecular weight excluding hydrogens is 305 g/mol. The van der Waals surface area contributed by atoms with Gasteiger partial charge in [0, 0.05) is 12.1 Å². The Balaban J connectivity index is 2.94. The molecule has 0 fully saturated rings. The number of alkyl halides is 3. The number of hydrogen-bond acceptors (Lipinski definition) is 5. The van der Waals surface area contributed by atoms with Gasteiger partial charge in [-0.25, -0.2) is 0 Å². The summed E-state index contributed by atoms with van der Waals surface area (Å²) in [5, 5.41) is -0.314. The zero-order valence-electron chi connectivity index (χ0n) is 11.6. The van der Waals surface area contributed by atoms with Crippen LogP contribution in [0, 0.1) is 0 Å². The minimum atomic E-state index is -4.84. The van der Waals surface area contributed by atoms with Gasteiger partial charge in [-0.15, -0.1) is 0 Å². The molecule has 2 aromatic rings. The van der Waals surface area contributed by atoms with Gasteiger partial charge in [0.05, 0.1) is 24.7 Å². The van der Waals surface area contributed by atoms with Crippen LogP contribution in [0.3, 0.4) is 0 Å². The highest BCUT2D eigenvalue weighted by molar-refractivity contribution is 6.01. The normalized spacial score (nSPS) is 11.5. The van der Waals surface area contributed by atoms with E-state index in [0.717, 1.165) is 0 Å². The predicted molar refractivity (Wildman–Crippen MR) is 70.6 cm³/mol. The molecule has 0 unspecified atom stereocenters. The summed E-state index contributed by atoms with van der Waals surface area (Å²) >= 11 is 0. The molecule has 1 aromatic heterocycles. The van der Waals surface area contributed by atoms with E-state index in [-0.39, 0.29) is 29.1 Å². The molecule has 2 rings (SSSR count). The first-order chi connectivity index (χ1) is 10.3. The number of fused-ring (bicyclic) bond motifs is 1. The quantitative estimate of drug-likeness (QED) is 0.811. The summed E-state index contributed by atoms with van der Waals surface area (Å²) in [4.78, 5) is 23.2. The van der Waals surface area contributed by atoms with Crippen LogP contribution >= 0.6 is 0 Å². The van der Waals surface area contributed by atoms with E-state index in [0.29, 0.717) is 12.4 Å². The van der Waals surface area contributed by atoms with Crippen LogP contribution in [0.15, 0.2) is 21.3 Å². The topological polar surface area (TPSA) is 65.7 Å². The Bertz CT molecular complexity index is 777. The van der Waals surface area contributed by atoms with Gasteiger partial charge in [-0.05, 0) is 6.92 Å². The van der Waals surface area contributed by atoms with Gasteiger partial charge in [0.25, 0.3) is 0 Å². The van der Waals surface area contributed by atoms with Gasteiger partial charge in [0.15, 0.2) is 23.0 Å². The van der Waals surface area contributed by atoms with E-state index in [1.165, 1.54) is 13.2 Å². The first-order valence-electron chi connectivity index (χ1n) is 6.17. The van der Waals surface area contributed by atoms with Crippen molar-refractivity contribution in [3.8, 4) is 11.5 Å². The molecule has 0 spiro atoms. The molecule has 8 heteroatoms. The Morgan fingerprint density at radius 2 is 1.95 bits per heavy atom. The molecule has 5 nitrogen and oxygen atoms in total. The fraction of sp³-hybridized carbons (Fsp3) is 0.286. The molecule has 0 radical (unpaired) electrons. The lowest BCUT2D eigenvalue weighted by Gasteiger charge is -2.13. The Morgan fingerprint density at radius 1 is 1.27 bits per heavy atom. The second-order valence-electron chi connectivity index (χ2n) is 4.22. The monoisotopic (exact) mass is 316 g/mol. The van der Waals surface area contributed by atoms with Crippen LogP contribution in [-0.4, -0.2) is 20.0 Å². The molecule has 0 aliphatic rings. The van der Waals surface area contributed by atoms with E-state index in [1.807, 2.05) is 0 Å². The molecule has 0 aliphatic heterocycles. The van der Waals surface area contributed by atoms with Crippen LogP contribution in [0.25, 0.3) is 11.0 Å². The van der Waals surface area contributed by atoms with Crippen LogP contribution in [-0.2, 0) is 6.18 Å². The molecule has 22 heavy (non-hydrogen) atoms. The first-order valence-corrected chi connectivity index (χ1v) is 6.17. The van der Waals surface area contributed by atoms with E-state index < -0.39 is 22.9 Å². The second-order valence-corrected chi connectivity index (χ2v) is 4.22. The molecule has 0 bridgehead atoms. The standard InChI is InChI=1S/C14H11F3O5/c1-3-21-9-5-10(20-2)13-12(7(9)6-18)8(19)4-11(22-13)14(15,16)17/h4-6H,3H2,1-2H3. The van der Waals surface area contributed by atoms with Crippen LogP contribution in [0.2, 0.25) is 0 Å². The predicted octanol–water partition coefficient (Wildman–Crippen LogP) is 3.03. The van der Waals surface area contributed by atoms with Crippen LogP contribution in [0.4, 0.5) is 13.2 Å². The number of halogens is 3.